The van der Waals surface area contributed by atoms with Crippen LogP contribution in [0.25, 0.3) is 0 Å². The van der Waals surface area contributed by atoms with Gasteiger partial charge in [-0.25, -0.2) is 19.2 Å². The average molecular weight is 1180 g/mol. The van der Waals surface area contributed by atoms with Crippen LogP contribution in [0.15, 0.2) is 0 Å². The number of amides is 13. The molecule has 32 heteroatoms. The van der Waals surface area contributed by atoms with Gasteiger partial charge in [0.05, 0.1) is 42.3 Å². The Kier molecular flexibility index (Phi) is 23.1. The van der Waals surface area contributed by atoms with E-state index >= 15 is 0 Å². The topological polar surface area (TPSA) is 374 Å². The molecule has 0 saturated carbocycles. The summed E-state index contributed by atoms with van der Waals surface area (Å²) in [6, 6.07) is 0. The van der Waals surface area contributed by atoms with Crippen LogP contribution < -0.4 is 10.6 Å². The van der Waals surface area contributed by atoms with E-state index in [1.165, 1.54) is 0 Å². The summed E-state index contributed by atoms with van der Waals surface area (Å²) in [7, 11) is 0. The van der Waals surface area contributed by atoms with Gasteiger partial charge in [-0.15, -0.1) is 20.3 Å². The summed E-state index contributed by atoms with van der Waals surface area (Å²) in [6.07, 6.45) is -5.63. The van der Waals surface area contributed by atoms with E-state index in [1.807, 2.05) is 0 Å². The van der Waals surface area contributed by atoms with Crippen molar-refractivity contribution in [2.45, 2.75) is 89.9 Å². The molecule has 0 unspecified atom stereocenters. The summed E-state index contributed by atoms with van der Waals surface area (Å²) in [5.41, 5.74) is 0. The van der Waals surface area contributed by atoms with E-state index in [0.29, 0.717) is 0 Å². The van der Waals surface area contributed by atoms with Gasteiger partial charge in [-0.3, -0.25) is 62.3 Å². The van der Waals surface area contributed by atoms with Gasteiger partial charge in [-0.1, -0.05) is 31.9 Å². The Balaban J connectivity index is 1.57. The molecular formula is C42H51Br2N9O21. The lowest BCUT2D eigenvalue weighted by molar-refractivity contribution is -0.198. The van der Waals surface area contributed by atoms with Crippen molar-refractivity contribution in [2.24, 2.45) is 5.92 Å². The van der Waals surface area contributed by atoms with Crippen molar-refractivity contribution in [3.63, 3.8) is 0 Å². The second-order valence-corrected chi connectivity index (χ2v) is 17.5. The van der Waals surface area contributed by atoms with Crippen LogP contribution in [-0.2, 0) is 101 Å². The Morgan fingerprint density at radius 3 is 0.851 bits per heavy atom. The average Bonchev–Trinajstić information content (AvgIpc) is 4.08. The number of alkyl halides is 2. The molecule has 4 aliphatic heterocycles. The van der Waals surface area contributed by atoms with Crippen LogP contribution in [0.3, 0.4) is 0 Å². The van der Waals surface area contributed by atoms with Gasteiger partial charge in [0, 0.05) is 117 Å². The molecule has 0 aromatic heterocycles. The predicted octanol–water partition coefficient (Wildman–Crippen LogP) is -3.12. The van der Waals surface area contributed by atoms with Crippen molar-refractivity contribution < 1.29 is 101 Å². The van der Waals surface area contributed by atoms with Gasteiger partial charge >= 0.3 is 23.9 Å². The molecule has 4 aliphatic rings. The molecular weight excluding hydrogens is 1130 g/mol. The number of hydroxylamine groups is 8. The highest BCUT2D eigenvalue weighted by molar-refractivity contribution is 9.09. The highest BCUT2D eigenvalue weighted by Gasteiger charge is 2.37. The Hall–Kier alpha value is -7.25. The van der Waals surface area contributed by atoms with Crippen LogP contribution in [0.5, 0.6) is 0 Å². The molecule has 13 amide bonds. The Labute approximate surface area is 436 Å². The van der Waals surface area contributed by atoms with Gasteiger partial charge in [0.25, 0.3) is 47.3 Å². The normalized spacial score (nSPS) is 15.5. The summed E-state index contributed by atoms with van der Waals surface area (Å²) in [5, 5.41) is 5.72. The van der Waals surface area contributed by atoms with Crippen LogP contribution in [0.4, 0.5) is 0 Å². The lowest BCUT2D eigenvalue weighted by Crippen LogP contribution is -2.49. The molecule has 0 aromatic rings. The predicted molar refractivity (Wildman–Crippen MR) is 243 cm³/mol. The maximum Gasteiger partial charge on any atom is 0.334 e. The van der Waals surface area contributed by atoms with Gasteiger partial charge in [0.15, 0.2) is 0 Å². The molecule has 30 nitrogen and oxygen atoms in total. The summed E-state index contributed by atoms with van der Waals surface area (Å²) in [5.74, 6) is -15.9. The van der Waals surface area contributed by atoms with E-state index in [1.54, 1.807) is 0 Å². The number of carbonyl (C=O) groups excluding carboxylic acids is 17. The molecule has 0 radical (unpaired) electrons. The van der Waals surface area contributed by atoms with Crippen molar-refractivity contribution in [3.8, 4) is 0 Å². The molecule has 0 aliphatic carbocycles. The molecule has 0 atom stereocenters. The number of hydrogen-bond donors (Lipinski definition) is 2. The van der Waals surface area contributed by atoms with Crippen LogP contribution in [0, 0.1) is 5.92 Å². The summed E-state index contributed by atoms with van der Waals surface area (Å²) in [6.45, 7) is -3.99. The third-order valence-corrected chi connectivity index (χ3v) is 12.0. The van der Waals surface area contributed by atoms with Crippen LogP contribution >= 0.6 is 31.9 Å². The molecule has 4 rings (SSSR count). The number of carbonyl (C=O) groups is 17. The smallest absolute Gasteiger partial charge is 0.334 e. The number of nitrogens with one attached hydrogen (secondary N) is 2. The highest BCUT2D eigenvalue weighted by Crippen LogP contribution is 2.18. The maximum absolute atomic E-state index is 14.4. The molecule has 4 fully saturated rings. The third-order valence-electron chi connectivity index (χ3n) is 11.0. The standard InChI is InChI=1S/C42H51Br2N9O21/c43-21-26(54)45-23-25(24-46-27(55)22-44)42(70)49(15-9-28(56)47(17-11-38(66)71-50-30(58)1-2-31(50)59)18-12-39(67)72-51-32(60)3-4-33(51)61)16-10-29(57)48(19-13-40(68)73-52-34(62)5-6-35(52)63)20-14-41(69)74-53-36(64)7-8-37(53)65/h25H,1-24H2,(H,45,54)(H,46,55). The Bertz CT molecular complexity index is 2000. The fourth-order valence-corrected chi connectivity index (χ4v) is 7.43. The molecule has 0 bridgehead atoms. The van der Waals surface area contributed by atoms with Crippen LogP contribution in [0.2, 0.25) is 0 Å². The third kappa shape index (κ3) is 18.0. The number of nitrogens with zero attached hydrogens (tertiary/aromatic N) is 7. The quantitative estimate of drug-likeness (QED) is 0.0553. The largest absolute Gasteiger partial charge is 0.355 e. The first-order valence-corrected chi connectivity index (χ1v) is 25.1. The second-order valence-electron chi connectivity index (χ2n) is 16.3. The lowest BCUT2D eigenvalue weighted by atomic mass is 10.1. The molecule has 4 heterocycles. The number of halogens is 2. The van der Waals surface area contributed by atoms with E-state index in [2.05, 4.69) is 42.5 Å². The van der Waals surface area contributed by atoms with Crippen molar-refractivity contribution in [3.05, 3.63) is 0 Å². The Morgan fingerprint density at radius 2 is 0.622 bits per heavy atom. The van der Waals surface area contributed by atoms with Gasteiger partial charge in [-0.2, -0.15) is 0 Å². The van der Waals surface area contributed by atoms with E-state index in [0.717, 1.165) is 14.7 Å². The molecule has 74 heavy (non-hydrogen) atoms. The monoisotopic (exact) mass is 1180 g/mol. The first-order chi connectivity index (χ1) is 35.1. The van der Waals surface area contributed by atoms with Gasteiger partial charge in [0.1, 0.15) is 0 Å². The first-order valence-electron chi connectivity index (χ1n) is 22.9. The zero-order chi connectivity index (χ0) is 54.6. The maximum atomic E-state index is 14.4. The number of rotatable bonds is 29. The second kappa shape index (κ2) is 28.8. The minimum absolute atomic E-state index is 0.188. The highest BCUT2D eigenvalue weighted by atomic mass is 79.9. The minimum Gasteiger partial charge on any atom is -0.355 e. The van der Waals surface area contributed by atoms with E-state index in [9.17, 15) is 81.5 Å². The lowest BCUT2D eigenvalue weighted by Gasteiger charge is -2.30. The zero-order valence-electron chi connectivity index (χ0n) is 39.5. The number of hydrogen-bond acceptors (Lipinski definition) is 21. The fourth-order valence-electron chi connectivity index (χ4n) is 7.03. The van der Waals surface area contributed by atoms with E-state index in [4.69, 9.17) is 19.4 Å². The van der Waals surface area contributed by atoms with Gasteiger partial charge in [0.2, 0.25) is 29.5 Å². The van der Waals surface area contributed by atoms with Crippen molar-refractivity contribution in [1.82, 2.24) is 45.6 Å². The fraction of sp³-hybridized carbons (Fsp3) is 0.595. The first kappa shape index (κ1) is 59.3. The molecule has 2 N–H and O–H groups in total. The van der Waals surface area contributed by atoms with Gasteiger partial charge in [-0.05, 0) is 0 Å². The van der Waals surface area contributed by atoms with Crippen molar-refractivity contribution in [1.29, 1.82) is 0 Å². The van der Waals surface area contributed by atoms with E-state index < -0.39 is 184 Å². The molecule has 4 saturated heterocycles. The number of imide groups is 4. The molecule has 0 spiro atoms. The Morgan fingerprint density at radius 1 is 0.392 bits per heavy atom. The van der Waals surface area contributed by atoms with Crippen LogP contribution in [-0.4, -0.2) is 199 Å². The van der Waals surface area contributed by atoms with Crippen molar-refractivity contribution >= 4 is 133 Å². The molecule has 404 valence electrons. The molecule has 0 aromatic carbocycles. The summed E-state index contributed by atoms with van der Waals surface area (Å²) in [4.78, 5) is 237. The van der Waals surface area contributed by atoms with Gasteiger partial charge < -0.3 is 44.7 Å². The summed E-state index contributed by atoms with van der Waals surface area (Å²) < 4.78 is 0. The SMILES string of the molecule is O=C(CBr)NCC(CNC(=O)CBr)C(=O)N(CCC(=O)N(CCC(=O)ON1C(=O)CCC1=O)CCC(=O)ON1C(=O)CCC1=O)CCC(=O)N(CCC(=O)ON1C(=O)CCC1=O)CCC(=O)ON1C(=O)CCC1=O. The zero-order valence-corrected chi connectivity index (χ0v) is 42.7. The summed E-state index contributed by atoms with van der Waals surface area (Å²) >= 11 is 5.99. The minimum atomic E-state index is -1.26. The van der Waals surface area contributed by atoms with E-state index in [-0.39, 0.29) is 95.4 Å². The van der Waals surface area contributed by atoms with Crippen molar-refractivity contribution in [2.75, 3.05) is 63.0 Å². The van der Waals surface area contributed by atoms with Crippen LogP contribution in [0.1, 0.15) is 89.9 Å².